The fourth-order valence-corrected chi connectivity index (χ4v) is 3.38. The summed E-state index contributed by atoms with van der Waals surface area (Å²) in [7, 11) is 0. The molecule has 7 heteroatoms. The molecule has 0 aliphatic carbocycles. The Bertz CT molecular complexity index is 833. The maximum Gasteiger partial charge on any atom is 0.253 e. The third-order valence-electron chi connectivity index (χ3n) is 5.02. The van der Waals surface area contributed by atoms with Crippen molar-refractivity contribution in [3.8, 4) is 0 Å². The Balaban J connectivity index is 1.27. The maximum absolute atomic E-state index is 12.8. The minimum absolute atomic E-state index is 0.124. The Kier molecular flexibility index (Phi) is 5.29. The summed E-state index contributed by atoms with van der Waals surface area (Å²) in [6.07, 6.45) is 11.1. The molecule has 3 aromatic rings. The molecule has 1 fully saturated rings. The van der Waals surface area contributed by atoms with Crippen LogP contribution in [0.2, 0.25) is 0 Å². The molecule has 0 unspecified atom stereocenters. The Morgan fingerprint density at radius 1 is 0.852 bits per heavy atom. The molecule has 140 valence electrons. The van der Waals surface area contributed by atoms with Gasteiger partial charge < -0.3 is 14.0 Å². The molecule has 0 saturated carbocycles. The average molecular weight is 364 g/mol. The normalized spacial score (nSPS) is 15.2. The summed E-state index contributed by atoms with van der Waals surface area (Å²) < 4.78 is 4.10. The van der Waals surface area contributed by atoms with E-state index in [0.717, 1.165) is 56.9 Å². The molecule has 0 atom stereocenters. The Hall–Kier alpha value is -2.93. The molecule has 1 saturated heterocycles. The van der Waals surface area contributed by atoms with Crippen LogP contribution < -0.4 is 0 Å². The Morgan fingerprint density at radius 2 is 1.52 bits per heavy atom. The van der Waals surface area contributed by atoms with Crippen LogP contribution in [0.15, 0.2) is 61.7 Å². The van der Waals surface area contributed by atoms with Gasteiger partial charge in [-0.2, -0.15) is 0 Å². The highest BCUT2D eigenvalue weighted by Crippen LogP contribution is 2.11. The van der Waals surface area contributed by atoms with Crippen LogP contribution in [0.5, 0.6) is 0 Å². The second-order valence-corrected chi connectivity index (χ2v) is 6.87. The van der Waals surface area contributed by atoms with Gasteiger partial charge in [0.25, 0.3) is 5.91 Å². The maximum atomic E-state index is 12.8. The van der Waals surface area contributed by atoms with E-state index in [1.165, 1.54) is 0 Å². The molecule has 0 spiro atoms. The Labute approximate surface area is 158 Å². The number of hydrogen-bond donors (Lipinski definition) is 0. The predicted molar refractivity (Wildman–Crippen MR) is 102 cm³/mol. The van der Waals surface area contributed by atoms with Crippen LogP contribution in [0, 0.1) is 0 Å². The van der Waals surface area contributed by atoms with E-state index in [2.05, 4.69) is 19.4 Å². The highest BCUT2D eigenvalue weighted by Gasteiger charge is 2.21. The van der Waals surface area contributed by atoms with E-state index in [9.17, 15) is 4.79 Å². The smallest absolute Gasteiger partial charge is 0.253 e. The number of rotatable bonds is 6. The number of imidazole rings is 2. The van der Waals surface area contributed by atoms with Crippen LogP contribution in [-0.4, -0.2) is 67.5 Å². The SMILES string of the molecule is O=C(c1ccc(Cn2ccnc2)cc1)N1CCN(CCn2ccnc2)CC1. The molecule has 2 aromatic heterocycles. The first-order valence-electron chi connectivity index (χ1n) is 9.30. The highest BCUT2D eigenvalue weighted by atomic mass is 16.2. The van der Waals surface area contributed by atoms with Gasteiger partial charge >= 0.3 is 0 Å². The first-order valence-corrected chi connectivity index (χ1v) is 9.30. The van der Waals surface area contributed by atoms with Gasteiger partial charge in [-0.15, -0.1) is 0 Å². The highest BCUT2D eigenvalue weighted by molar-refractivity contribution is 5.94. The van der Waals surface area contributed by atoms with Gasteiger partial charge in [-0.05, 0) is 17.7 Å². The standard InChI is InChI=1S/C20H24N6O/c27-20(19-3-1-18(2-4-19)15-25-8-6-22-17-25)26-13-11-23(12-14-26)9-10-24-7-5-21-16-24/h1-8,16-17H,9-15H2. The van der Waals surface area contributed by atoms with Crippen molar-refractivity contribution < 1.29 is 4.79 Å². The molecule has 7 nitrogen and oxygen atoms in total. The lowest BCUT2D eigenvalue weighted by Gasteiger charge is -2.34. The summed E-state index contributed by atoms with van der Waals surface area (Å²) >= 11 is 0. The van der Waals surface area contributed by atoms with Crippen molar-refractivity contribution in [2.24, 2.45) is 0 Å². The van der Waals surface area contributed by atoms with Gasteiger partial charge in [0.05, 0.1) is 12.7 Å². The lowest BCUT2D eigenvalue weighted by Crippen LogP contribution is -2.49. The minimum Gasteiger partial charge on any atom is -0.336 e. The first-order chi connectivity index (χ1) is 13.3. The van der Waals surface area contributed by atoms with Crippen molar-refractivity contribution in [2.45, 2.75) is 13.1 Å². The fraction of sp³-hybridized carbons (Fsp3) is 0.350. The van der Waals surface area contributed by atoms with Gasteiger partial charge in [-0.1, -0.05) is 12.1 Å². The second-order valence-electron chi connectivity index (χ2n) is 6.87. The van der Waals surface area contributed by atoms with E-state index in [1.54, 1.807) is 18.7 Å². The lowest BCUT2D eigenvalue weighted by molar-refractivity contribution is 0.0633. The average Bonchev–Trinajstić information content (AvgIpc) is 3.41. The zero-order valence-electron chi connectivity index (χ0n) is 15.3. The third-order valence-corrected chi connectivity index (χ3v) is 5.02. The summed E-state index contributed by atoms with van der Waals surface area (Å²) in [6, 6.07) is 7.91. The molecule has 27 heavy (non-hydrogen) atoms. The zero-order chi connectivity index (χ0) is 18.5. The third kappa shape index (κ3) is 4.43. The van der Waals surface area contributed by atoms with Crippen molar-refractivity contribution in [1.82, 2.24) is 28.9 Å². The van der Waals surface area contributed by atoms with E-state index in [4.69, 9.17) is 0 Å². The number of hydrogen-bond acceptors (Lipinski definition) is 4. The van der Waals surface area contributed by atoms with Crippen molar-refractivity contribution >= 4 is 5.91 Å². The van der Waals surface area contributed by atoms with Gasteiger partial charge in [-0.3, -0.25) is 9.69 Å². The molecule has 0 N–H and O–H groups in total. The van der Waals surface area contributed by atoms with Crippen LogP contribution >= 0.6 is 0 Å². The number of piperazine rings is 1. The number of benzene rings is 1. The number of aromatic nitrogens is 4. The van der Waals surface area contributed by atoms with Gasteiger partial charge in [0.15, 0.2) is 0 Å². The molecule has 1 aromatic carbocycles. The van der Waals surface area contributed by atoms with E-state index in [1.807, 2.05) is 52.5 Å². The molecular weight excluding hydrogens is 340 g/mol. The molecule has 4 rings (SSSR count). The van der Waals surface area contributed by atoms with Gasteiger partial charge in [0.2, 0.25) is 0 Å². The second kappa shape index (κ2) is 8.18. The summed E-state index contributed by atoms with van der Waals surface area (Å²) in [5.74, 6) is 0.124. The molecule has 0 bridgehead atoms. The largest absolute Gasteiger partial charge is 0.336 e. The molecule has 3 heterocycles. The van der Waals surface area contributed by atoms with E-state index in [0.29, 0.717) is 0 Å². The number of carbonyl (C=O) groups is 1. The van der Waals surface area contributed by atoms with E-state index < -0.39 is 0 Å². The molecule has 1 aliphatic rings. The van der Waals surface area contributed by atoms with E-state index in [-0.39, 0.29) is 5.91 Å². The van der Waals surface area contributed by atoms with E-state index >= 15 is 0 Å². The predicted octanol–water partition coefficient (Wildman–Crippen LogP) is 1.59. The van der Waals surface area contributed by atoms with Crippen LogP contribution in [0.1, 0.15) is 15.9 Å². The van der Waals surface area contributed by atoms with Gasteiger partial charge in [-0.25, -0.2) is 9.97 Å². The fourth-order valence-electron chi connectivity index (χ4n) is 3.38. The van der Waals surface area contributed by atoms with Crippen LogP contribution in [0.3, 0.4) is 0 Å². The quantitative estimate of drug-likeness (QED) is 0.666. The van der Waals surface area contributed by atoms with Crippen molar-refractivity contribution in [3.05, 3.63) is 72.8 Å². The Morgan fingerprint density at radius 3 is 2.15 bits per heavy atom. The summed E-state index contributed by atoms with van der Waals surface area (Å²) in [5.41, 5.74) is 1.92. The van der Waals surface area contributed by atoms with Gasteiger partial charge in [0, 0.05) is 76.2 Å². The monoisotopic (exact) mass is 364 g/mol. The molecular formula is C20H24N6O. The zero-order valence-corrected chi connectivity index (χ0v) is 15.3. The molecule has 1 amide bonds. The van der Waals surface area contributed by atoms with Crippen LogP contribution in [-0.2, 0) is 13.1 Å². The van der Waals surface area contributed by atoms with Crippen LogP contribution in [0.25, 0.3) is 0 Å². The summed E-state index contributed by atoms with van der Waals surface area (Å²) in [5, 5.41) is 0. The van der Waals surface area contributed by atoms with Crippen molar-refractivity contribution in [1.29, 1.82) is 0 Å². The minimum atomic E-state index is 0.124. The molecule has 1 aliphatic heterocycles. The summed E-state index contributed by atoms with van der Waals surface area (Å²) in [6.45, 7) is 6.08. The number of amides is 1. The molecule has 0 radical (unpaired) electrons. The summed E-state index contributed by atoms with van der Waals surface area (Å²) in [4.78, 5) is 25.2. The first kappa shape index (κ1) is 17.5. The van der Waals surface area contributed by atoms with Gasteiger partial charge in [0.1, 0.15) is 0 Å². The number of carbonyl (C=O) groups excluding carboxylic acids is 1. The van der Waals surface area contributed by atoms with Crippen LogP contribution in [0.4, 0.5) is 0 Å². The van der Waals surface area contributed by atoms with Crippen molar-refractivity contribution in [2.75, 3.05) is 32.7 Å². The topological polar surface area (TPSA) is 59.2 Å². The lowest BCUT2D eigenvalue weighted by atomic mass is 10.1. The number of nitrogens with zero attached hydrogens (tertiary/aromatic N) is 6. The van der Waals surface area contributed by atoms with Crippen molar-refractivity contribution in [3.63, 3.8) is 0 Å².